The highest BCUT2D eigenvalue weighted by Crippen LogP contribution is 2.31. The van der Waals surface area contributed by atoms with Crippen LogP contribution in [0.25, 0.3) is 5.52 Å². The number of fused-ring (bicyclic) bond motifs is 1. The zero-order valence-electron chi connectivity index (χ0n) is 17.0. The third-order valence-corrected chi connectivity index (χ3v) is 4.43. The van der Waals surface area contributed by atoms with Gasteiger partial charge in [0, 0.05) is 24.6 Å². The predicted molar refractivity (Wildman–Crippen MR) is 105 cm³/mol. The van der Waals surface area contributed by atoms with Gasteiger partial charge < -0.3 is 0 Å². The minimum Gasteiger partial charge on any atom is -0.300 e. The molecule has 0 atom stereocenters. The Balaban J connectivity index is 2.12. The third-order valence-electron chi connectivity index (χ3n) is 4.43. The van der Waals surface area contributed by atoms with Gasteiger partial charge in [-0.15, -0.1) is 0 Å². The van der Waals surface area contributed by atoms with Crippen molar-refractivity contribution in [3.8, 4) is 6.07 Å². The fraction of sp³-hybridized carbons (Fsp3) is 0.591. The van der Waals surface area contributed by atoms with E-state index < -0.39 is 0 Å². The number of hydrogen-bond donors (Lipinski definition) is 0. The molecule has 0 radical (unpaired) electrons. The molecular weight excluding hydrogens is 322 g/mol. The van der Waals surface area contributed by atoms with Crippen LogP contribution in [0.4, 0.5) is 0 Å². The molecule has 2 heterocycles. The quantitative estimate of drug-likeness (QED) is 0.669. The van der Waals surface area contributed by atoms with Crippen LogP contribution in [0.3, 0.4) is 0 Å². The normalized spacial score (nSPS) is 12.3. The molecule has 2 aromatic rings. The number of aryl methyl sites for hydroxylation is 1. The van der Waals surface area contributed by atoms with E-state index in [-0.39, 0.29) is 10.8 Å². The minimum absolute atomic E-state index is 0.0484. The van der Waals surface area contributed by atoms with Crippen molar-refractivity contribution >= 4 is 11.3 Å². The number of pyridine rings is 1. The number of carbonyl (C=O) groups is 1. The number of carbonyl (C=O) groups excluding carboxylic acids is 1. The lowest BCUT2D eigenvalue weighted by molar-refractivity contribution is -0.120. The van der Waals surface area contributed by atoms with E-state index in [1.54, 1.807) is 6.07 Å². The van der Waals surface area contributed by atoms with Crippen LogP contribution in [0, 0.1) is 16.7 Å². The second-order valence-corrected chi connectivity index (χ2v) is 9.41. The summed E-state index contributed by atoms with van der Waals surface area (Å²) in [4.78, 5) is 12.1. The highest BCUT2D eigenvalue weighted by molar-refractivity contribution is 5.78. The standard InChI is InChI=1S/C22H31N3O/c1-21(2,3)14-17(26)9-7-8-10-18-20(22(4,5)6)19-13-16(15-23)11-12-25(19)24-18/h11-13H,7-10,14H2,1-6H3. The molecule has 2 aromatic heterocycles. The van der Waals surface area contributed by atoms with E-state index >= 15 is 0 Å². The molecule has 140 valence electrons. The Labute approximate surface area is 157 Å². The molecule has 0 aliphatic rings. The number of hydrogen-bond acceptors (Lipinski definition) is 3. The number of nitrogens with zero attached hydrogens (tertiary/aromatic N) is 3. The Morgan fingerprint density at radius 2 is 1.88 bits per heavy atom. The molecule has 0 aliphatic heterocycles. The van der Waals surface area contributed by atoms with Gasteiger partial charge in [-0.1, -0.05) is 41.5 Å². The first-order chi connectivity index (χ1) is 12.0. The molecule has 0 fully saturated rings. The number of rotatable bonds is 6. The van der Waals surface area contributed by atoms with Gasteiger partial charge in [0.15, 0.2) is 0 Å². The van der Waals surface area contributed by atoms with Crippen LogP contribution in [0.15, 0.2) is 18.3 Å². The molecule has 4 nitrogen and oxygen atoms in total. The first kappa shape index (κ1) is 20.2. The molecule has 0 aromatic carbocycles. The SMILES string of the molecule is CC(C)(C)CC(=O)CCCCc1nn2ccc(C#N)cc2c1C(C)(C)C. The number of aromatic nitrogens is 2. The molecule has 0 aliphatic carbocycles. The van der Waals surface area contributed by atoms with E-state index in [9.17, 15) is 10.1 Å². The number of unbranched alkanes of at least 4 members (excludes halogenated alkanes) is 1. The van der Waals surface area contributed by atoms with Crippen LogP contribution in [-0.4, -0.2) is 15.4 Å². The van der Waals surface area contributed by atoms with Crippen LogP contribution < -0.4 is 0 Å². The highest BCUT2D eigenvalue weighted by atomic mass is 16.1. The molecule has 0 unspecified atom stereocenters. The summed E-state index contributed by atoms with van der Waals surface area (Å²) in [6.45, 7) is 12.9. The van der Waals surface area contributed by atoms with E-state index in [1.165, 1.54) is 5.56 Å². The average molecular weight is 354 g/mol. The summed E-state index contributed by atoms with van der Waals surface area (Å²) in [5.41, 5.74) is 3.97. The van der Waals surface area contributed by atoms with Crippen molar-refractivity contribution in [1.82, 2.24) is 9.61 Å². The zero-order chi connectivity index (χ0) is 19.5. The summed E-state index contributed by atoms with van der Waals surface area (Å²) < 4.78 is 1.88. The van der Waals surface area contributed by atoms with Crippen LogP contribution in [-0.2, 0) is 16.6 Å². The van der Waals surface area contributed by atoms with Gasteiger partial charge in [-0.25, -0.2) is 4.52 Å². The second kappa shape index (κ2) is 7.61. The van der Waals surface area contributed by atoms with Crippen LogP contribution in [0.2, 0.25) is 0 Å². The maximum Gasteiger partial charge on any atom is 0.133 e. The van der Waals surface area contributed by atoms with E-state index in [0.717, 1.165) is 30.5 Å². The largest absolute Gasteiger partial charge is 0.300 e. The molecule has 0 N–H and O–H groups in total. The molecule has 2 rings (SSSR count). The van der Waals surface area contributed by atoms with Gasteiger partial charge in [-0.2, -0.15) is 10.4 Å². The van der Waals surface area contributed by atoms with Crippen LogP contribution in [0.5, 0.6) is 0 Å². The predicted octanol–water partition coefficient (Wildman–Crippen LogP) is 5.22. The summed E-state index contributed by atoms with van der Waals surface area (Å²) in [6, 6.07) is 5.93. The van der Waals surface area contributed by atoms with Crippen molar-refractivity contribution in [3.05, 3.63) is 35.2 Å². The summed E-state index contributed by atoms with van der Waals surface area (Å²) in [5, 5.41) is 13.9. The number of ketones is 1. The van der Waals surface area contributed by atoms with Crippen LogP contribution in [0.1, 0.15) is 84.0 Å². The topological polar surface area (TPSA) is 58.2 Å². The zero-order valence-corrected chi connectivity index (χ0v) is 17.0. The minimum atomic E-state index is -0.0484. The molecule has 26 heavy (non-hydrogen) atoms. The van der Waals surface area contributed by atoms with E-state index in [4.69, 9.17) is 5.10 Å². The van der Waals surface area contributed by atoms with Crippen molar-refractivity contribution in [2.45, 2.75) is 79.1 Å². The van der Waals surface area contributed by atoms with Gasteiger partial charge in [0.25, 0.3) is 0 Å². The Morgan fingerprint density at radius 1 is 1.19 bits per heavy atom. The average Bonchev–Trinajstić information content (AvgIpc) is 2.87. The maximum atomic E-state index is 12.1. The van der Waals surface area contributed by atoms with Crippen molar-refractivity contribution in [2.75, 3.05) is 0 Å². The monoisotopic (exact) mass is 353 g/mol. The molecule has 0 bridgehead atoms. The molecule has 0 spiro atoms. The highest BCUT2D eigenvalue weighted by Gasteiger charge is 2.24. The lowest BCUT2D eigenvalue weighted by Gasteiger charge is -2.19. The Hall–Kier alpha value is -2.15. The van der Waals surface area contributed by atoms with E-state index in [2.05, 4.69) is 47.6 Å². The smallest absolute Gasteiger partial charge is 0.133 e. The second-order valence-electron chi connectivity index (χ2n) is 9.41. The fourth-order valence-electron chi connectivity index (χ4n) is 3.45. The van der Waals surface area contributed by atoms with Gasteiger partial charge in [0.1, 0.15) is 5.78 Å². The van der Waals surface area contributed by atoms with Gasteiger partial charge in [-0.3, -0.25) is 4.79 Å². The van der Waals surface area contributed by atoms with Crippen molar-refractivity contribution in [2.24, 2.45) is 5.41 Å². The van der Waals surface area contributed by atoms with Gasteiger partial charge >= 0.3 is 0 Å². The Morgan fingerprint density at radius 3 is 2.46 bits per heavy atom. The molecule has 4 heteroatoms. The Kier molecular flexibility index (Phi) is 5.91. The maximum absolute atomic E-state index is 12.1. The van der Waals surface area contributed by atoms with Crippen molar-refractivity contribution in [3.63, 3.8) is 0 Å². The van der Waals surface area contributed by atoms with Gasteiger partial charge in [-0.05, 0) is 42.2 Å². The summed E-state index contributed by atoms with van der Waals surface area (Å²) in [6.07, 6.45) is 5.86. The lowest BCUT2D eigenvalue weighted by atomic mass is 9.84. The molecule has 0 saturated heterocycles. The summed E-state index contributed by atoms with van der Waals surface area (Å²) in [5.74, 6) is 0.349. The summed E-state index contributed by atoms with van der Waals surface area (Å²) in [7, 11) is 0. The van der Waals surface area contributed by atoms with E-state index in [0.29, 0.717) is 24.2 Å². The van der Waals surface area contributed by atoms with E-state index in [1.807, 2.05) is 16.8 Å². The lowest BCUT2D eigenvalue weighted by Crippen LogP contribution is -2.14. The Bertz CT molecular complexity index is 826. The molecule has 0 saturated carbocycles. The van der Waals surface area contributed by atoms with Gasteiger partial charge in [0.2, 0.25) is 0 Å². The van der Waals surface area contributed by atoms with Gasteiger partial charge in [0.05, 0.1) is 22.8 Å². The summed E-state index contributed by atoms with van der Waals surface area (Å²) >= 11 is 0. The number of Topliss-reactive ketones (excluding diaryl/α,β-unsaturated/α-hetero) is 1. The molecular formula is C22H31N3O. The third kappa shape index (κ3) is 5.17. The number of nitriles is 1. The fourth-order valence-corrected chi connectivity index (χ4v) is 3.45. The molecule has 0 amide bonds. The van der Waals surface area contributed by atoms with Crippen molar-refractivity contribution < 1.29 is 4.79 Å². The first-order valence-corrected chi connectivity index (χ1v) is 9.45. The first-order valence-electron chi connectivity index (χ1n) is 9.45. The van der Waals surface area contributed by atoms with Crippen LogP contribution >= 0.6 is 0 Å². The van der Waals surface area contributed by atoms with Crippen molar-refractivity contribution in [1.29, 1.82) is 5.26 Å².